The molecule has 0 aromatic heterocycles. The molecule has 7 heteroatoms. The van der Waals surface area contributed by atoms with Crippen LogP contribution in [0.15, 0.2) is 72.8 Å². The minimum Gasteiger partial charge on any atom is -0.495 e. The first-order valence-corrected chi connectivity index (χ1v) is 9.15. The average molecular weight is 411 g/mol. The van der Waals surface area contributed by atoms with Crippen molar-refractivity contribution < 1.29 is 19.1 Å². The summed E-state index contributed by atoms with van der Waals surface area (Å²) in [4.78, 5) is 24.4. The van der Waals surface area contributed by atoms with Crippen molar-refractivity contribution in [2.75, 3.05) is 24.4 Å². The number of anilines is 2. The average Bonchev–Trinajstić information content (AvgIpc) is 2.74. The molecule has 3 aromatic rings. The molecule has 3 rings (SSSR count). The maximum absolute atomic E-state index is 12.3. The number of rotatable bonds is 7. The van der Waals surface area contributed by atoms with E-state index in [0.717, 1.165) is 0 Å². The van der Waals surface area contributed by atoms with E-state index in [4.69, 9.17) is 21.1 Å². The third-order valence-electron chi connectivity index (χ3n) is 3.97. The van der Waals surface area contributed by atoms with Gasteiger partial charge in [0.2, 0.25) is 0 Å². The van der Waals surface area contributed by atoms with Crippen LogP contribution in [-0.2, 0) is 4.79 Å². The lowest BCUT2D eigenvalue weighted by Gasteiger charge is -2.11. The maximum Gasteiger partial charge on any atom is 0.262 e. The van der Waals surface area contributed by atoms with Gasteiger partial charge in [-0.1, -0.05) is 23.7 Å². The molecule has 0 bridgehead atoms. The molecule has 3 aromatic carbocycles. The van der Waals surface area contributed by atoms with Crippen LogP contribution < -0.4 is 20.1 Å². The minimum atomic E-state index is -0.320. The normalized spacial score (nSPS) is 10.1. The Labute approximate surface area is 173 Å². The molecule has 0 aliphatic carbocycles. The Bertz CT molecular complexity index is 988. The topological polar surface area (TPSA) is 76.7 Å². The number of hydrogen-bond acceptors (Lipinski definition) is 4. The summed E-state index contributed by atoms with van der Waals surface area (Å²) < 4.78 is 10.7. The standard InChI is InChI=1S/C22H19ClN2O4/c1-28-20-5-3-2-4-19(20)25-21(26)14-29-18-12-6-15(7-13-18)22(27)24-17-10-8-16(23)9-11-17/h2-13H,14H2,1H3,(H,24,27)(H,25,26). The highest BCUT2D eigenvalue weighted by molar-refractivity contribution is 6.30. The Kier molecular flexibility index (Phi) is 6.71. The van der Waals surface area contributed by atoms with Gasteiger partial charge in [-0.05, 0) is 60.7 Å². The monoisotopic (exact) mass is 410 g/mol. The fourth-order valence-electron chi connectivity index (χ4n) is 2.52. The molecule has 0 aliphatic rings. The van der Waals surface area contributed by atoms with Crippen molar-refractivity contribution in [3.05, 3.63) is 83.4 Å². The highest BCUT2D eigenvalue weighted by Gasteiger charge is 2.09. The fourth-order valence-corrected chi connectivity index (χ4v) is 2.65. The summed E-state index contributed by atoms with van der Waals surface area (Å²) in [7, 11) is 1.53. The molecular formula is C22H19ClN2O4. The van der Waals surface area contributed by atoms with Crippen molar-refractivity contribution in [1.82, 2.24) is 0 Å². The molecule has 0 spiro atoms. The Morgan fingerprint density at radius 3 is 2.28 bits per heavy atom. The first kappa shape index (κ1) is 20.2. The van der Waals surface area contributed by atoms with Gasteiger partial charge in [0.25, 0.3) is 11.8 Å². The van der Waals surface area contributed by atoms with Gasteiger partial charge in [-0.25, -0.2) is 0 Å². The second-order valence-corrected chi connectivity index (χ2v) is 6.46. The largest absolute Gasteiger partial charge is 0.495 e. The molecule has 0 atom stereocenters. The first-order valence-electron chi connectivity index (χ1n) is 8.78. The fraction of sp³-hybridized carbons (Fsp3) is 0.0909. The van der Waals surface area contributed by atoms with E-state index >= 15 is 0 Å². The van der Waals surface area contributed by atoms with Crippen LogP contribution in [0.1, 0.15) is 10.4 Å². The number of nitrogens with one attached hydrogen (secondary N) is 2. The molecule has 2 amide bonds. The predicted molar refractivity (Wildman–Crippen MR) is 113 cm³/mol. The zero-order valence-corrected chi connectivity index (χ0v) is 16.4. The van der Waals surface area contributed by atoms with E-state index in [-0.39, 0.29) is 18.4 Å². The second kappa shape index (κ2) is 9.61. The van der Waals surface area contributed by atoms with Crippen molar-refractivity contribution in [2.24, 2.45) is 0 Å². The number of halogens is 1. The molecular weight excluding hydrogens is 392 g/mol. The second-order valence-electron chi connectivity index (χ2n) is 6.02. The van der Waals surface area contributed by atoms with Gasteiger partial charge in [0.05, 0.1) is 12.8 Å². The maximum atomic E-state index is 12.3. The van der Waals surface area contributed by atoms with E-state index in [1.54, 1.807) is 66.7 Å². The lowest BCUT2D eigenvalue weighted by molar-refractivity contribution is -0.118. The Morgan fingerprint density at radius 1 is 0.897 bits per heavy atom. The number of amides is 2. The van der Waals surface area contributed by atoms with Crippen LogP contribution in [0.4, 0.5) is 11.4 Å². The van der Waals surface area contributed by atoms with E-state index in [0.29, 0.717) is 33.5 Å². The van der Waals surface area contributed by atoms with Crippen LogP contribution in [0, 0.1) is 0 Å². The van der Waals surface area contributed by atoms with Gasteiger partial charge in [0.1, 0.15) is 11.5 Å². The minimum absolute atomic E-state index is 0.172. The SMILES string of the molecule is COc1ccccc1NC(=O)COc1ccc(C(=O)Nc2ccc(Cl)cc2)cc1. The van der Waals surface area contributed by atoms with Crippen molar-refractivity contribution in [3.63, 3.8) is 0 Å². The molecule has 6 nitrogen and oxygen atoms in total. The van der Waals surface area contributed by atoms with Gasteiger partial charge >= 0.3 is 0 Å². The van der Waals surface area contributed by atoms with Gasteiger partial charge in [-0.3, -0.25) is 9.59 Å². The summed E-state index contributed by atoms with van der Waals surface area (Å²) in [6.45, 7) is -0.172. The van der Waals surface area contributed by atoms with E-state index in [1.165, 1.54) is 7.11 Å². The van der Waals surface area contributed by atoms with Crippen molar-refractivity contribution >= 4 is 34.8 Å². The number of benzene rings is 3. The molecule has 0 radical (unpaired) electrons. The van der Waals surface area contributed by atoms with Gasteiger partial charge < -0.3 is 20.1 Å². The molecule has 29 heavy (non-hydrogen) atoms. The van der Waals surface area contributed by atoms with Crippen LogP contribution in [-0.4, -0.2) is 25.5 Å². The lowest BCUT2D eigenvalue weighted by Crippen LogP contribution is -2.20. The smallest absolute Gasteiger partial charge is 0.262 e. The quantitative estimate of drug-likeness (QED) is 0.596. The third kappa shape index (κ3) is 5.73. The molecule has 0 saturated heterocycles. The van der Waals surface area contributed by atoms with Crippen LogP contribution in [0.25, 0.3) is 0 Å². The molecule has 0 heterocycles. The zero-order chi connectivity index (χ0) is 20.6. The van der Waals surface area contributed by atoms with Gasteiger partial charge in [-0.15, -0.1) is 0 Å². The van der Waals surface area contributed by atoms with E-state index in [2.05, 4.69) is 10.6 Å². The van der Waals surface area contributed by atoms with Crippen molar-refractivity contribution in [2.45, 2.75) is 0 Å². The summed E-state index contributed by atoms with van der Waals surface area (Å²) in [5, 5.41) is 6.11. The Hall–Kier alpha value is -3.51. The zero-order valence-electron chi connectivity index (χ0n) is 15.6. The van der Waals surface area contributed by atoms with Crippen LogP contribution >= 0.6 is 11.6 Å². The molecule has 2 N–H and O–H groups in total. The predicted octanol–water partition coefficient (Wildman–Crippen LogP) is 4.62. The first-order chi connectivity index (χ1) is 14.0. The Balaban J connectivity index is 1.52. The third-order valence-corrected chi connectivity index (χ3v) is 4.22. The highest BCUT2D eigenvalue weighted by atomic mass is 35.5. The number of methoxy groups -OCH3 is 1. The van der Waals surface area contributed by atoms with Gasteiger partial charge in [-0.2, -0.15) is 0 Å². The molecule has 0 unspecified atom stereocenters. The lowest BCUT2D eigenvalue weighted by atomic mass is 10.2. The highest BCUT2D eigenvalue weighted by Crippen LogP contribution is 2.23. The number of para-hydroxylation sites is 2. The summed E-state index contributed by atoms with van der Waals surface area (Å²) in [5.41, 5.74) is 1.68. The van der Waals surface area contributed by atoms with E-state index in [9.17, 15) is 9.59 Å². The number of carbonyl (C=O) groups is 2. The van der Waals surface area contributed by atoms with Crippen LogP contribution in [0.3, 0.4) is 0 Å². The van der Waals surface area contributed by atoms with Crippen molar-refractivity contribution in [3.8, 4) is 11.5 Å². The number of carbonyl (C=O) groups excluding carboxylic acids is 2. The summed E-state index contributed by atoms with van der Waals surface area (Å²) in [6, 6.07) is 20.5. The summed E-state index contributed by atoms with van der Waals surface area (Å²) >= 11 is 5.83. The summed E-state index contributed by atoms with van der Waals surface area (Å²) in [5.74, 6) is 0.465. The summed E-state index contributed by atoms with van der Waals surface area (Å²) in [6.07, 6.45) is 0. The van der Waals surface area contributed by atoms with Gasteiger partial charge in [0.15, 0.2) is 6.61 Å². The van der Waals surface area contributed by atoms with E-state index < -0.39 is 0 Å². The Morgan fingerprint density at radius 2 is 1.59 bits per heavy atom. The molecule has 0 aliphatic heterocycles. The number of hydrogen-bond donors (Lipinski definition) is 2. The van der Waals surface area contributed by atoms with E-state index in [1.807, 2.05) is 6.07 Å². The molecule has 148 valence electrons. The van der Waals surface area contributed by atoms with Crippen LogP contribution in [0.2, 0.25) is 5.02 Å². The van der Waals surface area contributed by atoms with Crippen molar-refractivity contribution in [1.29, 1.82) is 0 Å². The van der Waals surface area contributed by atoms with Gasteiger partial charge in [0, 0.05) is 16.3 Å². The molecule has 0 saturated carbocycles. The molecule has 0 fully saturated rings. The number of ether oxygens (including phenoxy) is 2. The van der Waals surface area contributed by atoms with Crippen LogP contribution in [0.5, 0.6) is 11.5 Å².